The van der Waals surface area contributed by atoms with Crippen molar-refractivity contribution in [3.8, 4) is 11.5 Å². The lowest BCUT2D eigenvalue weighted by Gasteiger charge is -2.18. The van der Waals surface area contributed by atoms with Crippen LogP contribution in [0.25, 0.3) is 44.1 Å². The van der Waals surface area contributed by atoms with E-state index in [2.05, 4.69) is 69.6 Å². The van der Waals surface area contributed by atoms with Crippen molar-refractivity contribution in [1.29, 1.82) is 0 Å². The van der Waals surface area contributed by atoms with E-state index in [0.717, 1.165) is 55.7 Å². The molecule has 118 heavy (non-hydrogen) atoms. The Labute approximate surface area is 667 Å². The van der Waals surface area contributed by atoms with Crippen LogP contribution < -0.4 is 56.4 Å². The maximum atomic E-state index is 13.4. The Hall–Kier alpha value is -14.8. The van der Waals surface area contributed by atoms with Crippen LogP contribution in [-0.4, -0.2) is 138 Å². The highest BCUT2D eigenvalue weighted by Gasteiger charge is 2.50. The first-order valence-electron chi connectivity index (χ1n) is 36.0. The molecule has 0 atom stereocenters. The summed E-state index contributed by atoms with van der Waals surface area (Å²) in [6.45, 7) is 12.2. The minimum Gasteiger partial charge on any atom is -0.506 e. The van der Waals surface area contributed by atoms with Gasteiger partial charge in [-0.15, -0.1) is 18.9 Å². The molecule has 4 N–H and O–H groups in total. The number of halogens is 3. The Bertz CT molecular complexity index is 6260. The average Bonchev–Trinajstić information content (AvgIpc) is 0.788. The minimum absolute atomic E-state index is 0.0604. The van der Waals surface area contributed by atoms with Crippen molar-refractivity contribution in [2.75, 3.05) is 37.0 Å². The van der Waals surface area contributed by atoms with Crippen LogP contribution in [0.5, 0.6) is 11.5 Å². The van der Waals surface area contributed by atoms with Crippen molar-refractivity contribution in [2.24, 2.45) is 4.99 Å². The Kier molecular flexibility index (Phi) is 27.3. The summed E-state index contributed by atoms with van der Waals surface area (Å²) in [7, 11) is -6.27. The van der Waals surface area contributed by atoms with Gasteiger partial charge in [0.1, 0.15) is 63.3 Å². The minimum atomic E-state index is -6.27. The van der Waals surface area contributed by atoms with Gasteiger partial charge in [-0.05, 0) is 70.7 Å². The summed E-state index contributed by atoms with van der Waals surface area (Å²) in [4.78, 5) is 156. The van der Waals surface area contributed by atoms with Gasteiger partial charge in [0.05, 0.1) is 88.6 Å². The summed E-state index contributed by atoms with van der Waals surface area (Å²) in [6, 6.07) is 38.3. The van der Waals surface area contributed by atoms with E-state index in [-0.39, 0.29) is 92.0 Å². The Morgan fingerprint density at radius 3 is 1.34 bits per heavy atom. The lowest BCUT2D eigenvalue weighted by molar-refractivity contribution is -0.0500. The van der Waals surface area contributed by atoms with Gasteiger partial charge < -0.3 is 58.5 Å². The van der Waals surface area contributed by atoms with Crippen LogP contribution in [0.2, 0.25) is 0 Å². The van der Waals surface area contributed by atoms with Gasteiger partial charge in [-0.25, -0.2) is 59.2 Å². The van der Waals surface area contributed by atoms with Crippen LogP contribution in [-0.2, 0) is 57.3 Å². The predicted octanol–water partition coefficient (Wildman–Crippen LogP) is 8.48. The van der Waals surface area contributed by atoms with Gasteiger partial charge in [0, 0.05) is 36.8 Å². The van der Waals surface area contributed by atoms with Gasteiger partial charge >= 0.3 is 50.2 Å². The molecule has 1 aliphatic rings. The number of aromatic nitrogens is 14. The molecule has 4 aromatic carbocycles. The third kappa shape index (κ3) is 19.5. The number of imidazole rings is 1. The Morgan fingerprint density at radius 1 is 0.500 bits per heavy atom. The predicted molar refractivity (Wildman–Crippen MR) is 422 cm³/mol. The fourth-order valence-electron chi connectivity index (χ4n) is 11.6. The molecule has 14 rings (SSSR count). The number of fused-ring (bicyclic) bond motifs is 4. The zero-order valence-corrected chi connectivity index (χ0v) is 64.8. The third-order valence-electron chi connectivity index (χ3n) is 17.1. The van der Waals surface area contributed by atoms with E-state index in [1.54, 1.807) is 76.6 Å². The smallest absolute Gasteiger partial charge is 0.506 e. The number of anilines is 2. The number of aromatic hydroxyl groups is 1. The molecule has 13 aromatic rings. The van der Waals surface area contributed by atoms with Gasteiger partial charge in [0.15, 0.2) is 45.0 Å². The molecule has 0 saturated carbocycles. The molecule has 0 amide bonds. The average molecular weight is 1640 g/mol. The highest BCUT2D eigenvalue weighted by Crippen LogP contribution is 2.35. The van der Waals surface area contributed by atoms with Crippen molar-refractivity contribution in [2.45, 2.75) is 93.4 Å². The summed E-state index contributed by atoms with van der Waals surface area (Å²) < 4.78 is 85.3. The summed E-state index contributed by atoms with van der Waals surface area (Å²) in [5, 5.41) is 17.8. The highest BCUT2D eigenvalue weighted by atomic mass is 32.2. The Morgan fingerprint density at radius 2 is 0.898 bits per heavy atom. The van der Waals surface area contributed by atoms with E-state index in [0.29, 0.717) is 50.8 Å². The highest BCUT2D eigenvalue weighted by molar-refractivity contribution is 7.88. The quantitative estimate of drug-likeness (QED) is 0.0171. The lowest BCUT2D eigenvalue weighted by atomic mass is 10.1. The van der Waals surface area contributed by atoms with Gasteiger partial charge in [0.25, 0.3) is 5.56 Å². The number of alkyl halides is 3. The Balaban J connectivity index is 0.000000155. The first kappa shape index (κ1) is 84.1. The number of aliphatic imine (C=N–C) groups is 1. The first-order chi connectivity index (χ1) is 56.8. The van der Waals surface area contributed by atoms with Crippen LogP contribution in [0.1, 0.15) is 109 Å². The SMILES string of the molecule is CCOC(=O)c1c(NCc2ncc[nH]2)c2c(C)ncnc2n(OCc2ccccc2)c1=O.CCOC(=O)c1c(O)c2c(C)ncnc2n(OCc2ccccc2)c1=O.CCOC(=O)c1c(OS(=O)(=O)C(F)(F)F)c2c(C)ncnc2n(OCc2ccccc2)c1=O.Cc1ncnc2c1c(NCC1=NC=CC1)cc(=O)n2OCc1ccccc1. The van der Waals surface area contributed by atoms with Crippen molar-refractivity contribution >= 4 is 89.2 Å². The number of H-pyrrole nitrogens is 1. The van der Waals surface area contributed by atoms with Crippen LogP contribution in [0, 0.1) is 27.7 Å². The molecule has 0 saturated heterocycles. The normalized spacial score (nSPS) is 11.6. The van der Waals surface area contributed by atoms with E-state index < -0.39 is 83.9 Å². The number of nitrogens with one attached hydrogen (secondary N) is 3. The number of esters is 3. The number of carbonyl (C=O) groups is 3. The molecule has 10 heterocycles. The molecule has 39 heteroatoms. The molecule has 1 aliphatic heterocycles. The fraction of sp³-hybridized carbons (Fsp3) is 0.228. The number of rotatable bonds is 26. The number of benzene rings is 4. The standard InChI is InChI=1S/C22H22N6O4.C20H19N5O2.C19H16F3N3O7S.C18H17N3O5/c1-3-31-22(30)18-19(25-11-16-23-9-10-24-16)17-14(2)26-13-27-20(17)28(21(18)29)32-12-15-7-5-4-6-8-15;1-14-19-17(22-11-16-8-5-9-21-16)10-18(26)25(20(19)24-13-23-14)27-12-15-6-3-2-4-7-15;1-3-30-18(27)14-15(32-33(28,29)19(20,21)22)13-11(2)23-10-24-16(13)25(17(14)26)31-9-12-7-5-4-6-8-12;1-3-25-18(24)14-15(22)13-11(2)19-10-20-16(13)21(17(14)23)26-9-12-7-5-4-6-8-12/h4-10,13,25H,3,11-12H2,1-2H3,(H,23,24);2-7,9-10,13,22H,8,11-12H2,1H3;4-8,10H,3,9H2,1-2H3;4-8,10,22H,3,9H2,1-2H3. The van der Waals surface area contributed by atoms with Crippen molar-refractivity contribution in [3.05, 3.63) is 286 Å². The number of pyridine rings is 4. The topological polar surface area (TPSA) is 436 Å². The summed E-state index contributed by atoms with van der Waals surface area (Å²) in [6.07, 6.45) is 12.9. The second kappa shape index (κ2) is 38.4. The molecule has 610 valence electrons. The molecule has 9 aromatic heterocycles. The van der Waals surface area contributed by atoms with Gasteiger partial charge in [-0.3, -0.25) is 24.2 Å². The van der Waals surface area contributed by atoms with E-state index in [1.165, 1.54) is 43.6 Å². The zero-order chi connectivity index (χ0) is 84.2. The van der Waals surface area contributed by atoms with Crippen molar-refractivity contribution in [1.82, 2.24) is 68.8 Å². The van der Waals surface area contributed by atoms with Gasteiger partial charge in [-0.2, -0.15) is 21.6 Å². The second-order valence-corrected chi connectivity index (χ2v) is 26.5. The van der Waals surface area contributed by atoms with Crippen LogP contribution in [0.15, 0.2) is 202 Å². The number of nitrogens with zero attached hydrogens (tertiary/aromatic N) is 14. The fourth-order valence-corrected chi connectivity index (χ4v) is 12.1. The maximum absolute atomic E-state index is 13.4. The molecular formula is C79H74F3N17O18S. The van der Waals surface area contributed by atoms with E-state index in [4.69, 9.17) is 33.6 Å². The van der Waals surface area contributed by atoms with Gasteiger partial charge in [0.2, 0.25) is 0 Å². The summed E-state index contributed by atoms with van der Waals surface area (Å²) in [5.41, 5.74) is -3.56. The molecule has 35 nitrogen and oxygen atoms in total. The lowest BCUT2D eigenvalue weighted by Crippen LogP contribution is -2.35. The molecule has 0 fully saturated rings. The molecule has 0 spiro atoms. The molecule has 0 unspecified atom stereocenters. The summed E-state index contributed by atoms with van der Waals surface area (Å²) >= 11 is 0. The van der Waals surface area contributed by atoms with Crippen LogP contribution >= 0.6 is 0 Å². The monoisotopic (exact) mass is 1640 g/mol. The second-order valence-electron chi connectivity index (χ2n) is 25.0. The van der Waals surface area contributed by atoms with E-state index in [9.17, 15) is 60.3 Å². The summed E-state index contributed by atoms with van der Waals surface area (Å²) in [5.74, 6) is -4.20. The zero-order valence-electron chi connectivity index (χ0n) is 64.0. The number of hydrogen-bond acceptors (Lipinski definition) is 30. The van der Waals surface area contributed by atoms with Crippen LogP contribution in [0.3, 0.4) is 0 Å². The molecule has 0 radical (unpaired) electrons. The third-order valence-corrected chi connectivity index (χ3v) is 18.1. The number of allylic oxidation sites excluding steroid dienone is 1. The molecule has 0 aliphatic carbocycles. The van der Waals surface area contributed by atoms with Gasteiger partial charge in [-0.1, -0.05) is 127 Å². The number of carbonyl (C=O) groups excluding carboxylic acids is 3. The number of aryl methyl sites for hydroxylation is 4. The largest absolute Gasteiger partial charge is 0.534 e. The number of hydrogen-bond donors (Lipinski definition) is 4. The van der Waals surface area contributed by atoms with E-state index in [1.807, 2.05) is 104 Å². The maximum Gasteiger partial charge on any atom is 0.534 e. The number of aromatic amines is 1. The molecule has 0 bridgehead atoms. The van der Waals surface area contributed by atoms with E-state index >= 15 is 0 Å². The van der Waals surface area contributed by atoms with Crippen LogP contribution in [0.4, 0.5) is 24.5 Å². The number of ether oxygens (including phenoxy) is 3. The molecular weight excluding hydrogens is 1560 g/mol. The van der Waals surface area contributed by atoms with Crippen molar-refractivity contribution in [3.63, 3.8) is 0 Å². The first-order valence-corrected chi connectivity index (χ1v) is 37.4. The van der Waals surface area contributed by atoms with Crippen molar-refractivity contribution < 1.29 is 78.8 Å².